The van der Waals surface area contributed by atoms with Crippen LogP contribution in [0.2, 0.25) is 0 Å². The van der Waals surface area contributed by atoms with Crippen LogP contribution in [-0.2, 0) is 0 Å². The lowest BCUT2D eigenvalue weighted by molar-refractivity contribution is -0.116. The molecule has 0 heterocycles. The third-order valence-corrected chi connectivity index (χ3v) is 0. The van der Waals surface area contributed by atoms with Crippen LogP contribution in [-0.4, -0.2) is 5.96 Å². The van der Waals surface area contributed by atoms with Gasteiger partial charge in [0.15, 0.2) is 0 Å². The first-order valence-electron chi connectivity index (χ1n) is 0.866. The highest BCUT2D eigenvalue weighted by atomic mass is 35.5. The summed E-state index contributed by atoms with van der Waals surface area (Å²) in [5, 5.41) is 4.58. The average molecular weight is 95.5 g/mol. The minimum atomic E-state index is -0.0833. The molecule has 0 radical (unpaired) electrons. The van der Waals surface area contributed by atoms with E-state index in [4.69, 9.17) is 0 Å². The van der Waals surface area contributed by atoms with Crippen molar-refractivity contribution in [2.24, 2.45) is 11.5 Å². The monoisotopic (exact) mass is 95.0 g/mol. The summed E-state index contributed by atoms with van der Waals surface area (Å²) in [4.78, 5) is 0. The molecule has 0 unspecified atom stereocenters. The first-order valence-corrected chi connectivity index (χ1v) is 0.866. The Labute approximate surface area is 36.3 Å². The van der Waals surface area contributed by atoms with E-state index in [0.717, 1.165) is 0 Å². The summed E-state index contributed by atoms with van der Waals surface area (Å²) in [6.07, 6.45) is 0. The zero-order valence-electron chi connectivity index (χ0n) is 2.61. The van der Waals surface area contributed by atoms with Gasteiger partial charge < -0.3 is 12.4 Å². The predicted octanol–water partition coefficient (Wildman–Crippen LogP) is -5.98. The van der Waals surface area contributed by atoms with E-state index >= 15 is 0 Å². The fourth-order valence-electron chi connectivity index (χ4n) is 0. The van der Waals surface area contributed by atoms with E-state index in [0.29, 0.717) is 0 Å². The van der Waals surface area contributed by atoms with Gasteiger partial charge >= 0.3 is 5.96 Å². The molecule has 0 saturated heterocycles. The van der Waals surface area contributed by atoms with E-state index in [-0.39, 0.29) is 18.4 Å². The minimum absolute atomic E-state index is 0. The van der Waals surface area contributed by atoms with E-state index in [1.165, 1.54) is 0 Å². The van der Waals surface area contributed by atoms with Gasteiger partial charge in [0, 0.05) is 0 Å². The summed E-state index contributed by atoms with van der Waals surface area (Å²) in [6, 6.07) is 0. The van der Waals surface area contributed by atoms with E-state index in [9.17, 15) is 0 Å². The Morgan fingerprint density at radius 1 is 1.40 bits per heavy atom. The SMILES string of the molecule is NC(N)=[NH2+].[Cl-]. The van der Waals surface area contributed by atoms with Gasteiger partial charge in [0.2, 0.25) is 0 Å². The van der Waals surface area contributed by atoms with Crippen LogP contribution in [0.4, 0.5) is 0 Å². The minimum Gasteiger partial charge on any atom is -1.00 e. The van der Waals surface area contributed by atoms with Crippen LogP contribution in [0.25, 0.3) is 0 Å². The normalized spacial score (nSPS) is 4.80. The maximum Gasteiger partial charge on any atom is 0.336 e. The molecule has 0 rings (SSSR count). The van der Waals surface area contributed by atoms with E-state index in [2.05, 4.69) is 16.9 Å². The summed E-state index contributed by atoms with van der Waals surface area (Å²) in [5.74, 6) is -0.0833. The molecule has 5 heavy (non-hydrogen) atoms. The van der Waals surface area contributed by atoms with Crippen molar-refractivity contribution in [2.45, 2.75) is 0 Å². The number of nitrogens with two attached hydrogens (primary N) is 3. The summed E-state index contributed by atoms with van der Waals surface area (Å²) < 4.78 is 0. The second kappa shape index (κ2) is 3.56. The van der Waals surface area contributed by atoms with Gasteiger partial charge in [-0.15, -0.1) is 0 Å². The van der Waals surface area contributed by atoms with Gasteiger partial charge in [-0.2, -0.15) is 0 Å². The molecule has 0 aromatic carbocycles. The lowest BCUT2D eigenvalue weighted by Gasteiger charge is -1.59. The Morgan fingerprint density at radius 2 is 1.40 bits per heavy atom. The van der Waals surface area contributed by atoms with Crippen LogP contribution >= 0.6 is 0 Å². The van der Waals surface area contributed by atoms with E-state index in [1.54, 1.807) is 0 Å². The number of halogens is 1. The maximum atomic E-state index is 4.58. The second-order valence-corrected chi connectivity index (χ2v) is 0.500. The first kappa shape index (κ1) is 8.82. The Balaban J connectivity index is 0. The van der Waals surface area contributed by atoms with Crippen molar-refractivity contribution in [3.05, 3.63) is 0 Å². The Bertz CT molecular complexity index is 29.9. The molecule has 0 bridgehead atoms. The van der Waals surface area contributed by atoms with Crippen molar-refractivity contribution in [2.75, 3.05) is 0 Å². The average Bonchev–Trinajstić information content (AvgIpc) is 0.811. The van der Waals surface area contributed by atoms with Crippen LogP contribution in [0.1, 0.15) is 0 Å². The standard InChI is InChI=1S/CH5N3.ClH/c2-1(3)4;/h(H5,2,3,4);1H. The fraction of sp³-hybridized carbons (Fsp3) is 0. The van der Waals surface area contributed by atoms with Crippen molar-refractivity contribution in [1.82, 2.24) is 0 Å². The molecule has 3 nitrogen and oxygen atoms in total. The molecule has 32 valence electrons. The number of hydrogen-bond acceptors (Lipinski definition) is 0. The molecule has 0 aromatic heterocycles. The molecule has 0 fully saturated rings. The Hall–Kier alpha value is -0.440. The van der Waals surface area contributed by atoms with Crippen LogP contribution < -0.4 is 29.3 Å². The predicted molar refractivity (Wildman–Crippen MR) is 15.3 cm³/mol. The van der Waals surface area contributed by atoms with Crippen molar-refractivity contribution in [3.63, 3.8) is 0 Å². The molecule has 6 N–H and O–H groups in total. The van der Waals surface area contributed by atoms with Crippen LogP contribution in [0.5, 0.6) is 0 Å². The van der Waals surface area contributed by atoms with E-state index in [1.807, 2.05) is 0 Å². The van der Waals surface area contributed by atoms with Gasteiger partial charge in [-0.05, 0) is 0 Å². The van der Waals surface area contributed by atoms with Crippen molar-refractivity contribution in [3.8, 4) is 0 Å². The molecule has 0 spiro atoms. The third-order valence-electron chi connectivity index (χ3n) is 0. The summed E-state index contributed by atoms with van der Waals surface area (Å²) in [5.41, 5.74) is 9.17. The van der Waals surface area contributed by atoms with Crippen LogP contribution in [0.15, 0.2) is 0 Å². The first-order chi connectivity index (χ1) is 1.73. The number of hydrogen-bond donors (Lipinski definition) is 3. The van der Waals surface area contributed by atoms with Gasteiger partial charge in [-0.1, -0.05) is 0 Å². The summed E-state index contributed by atoms with van der Waals surface area (Å²) >= 11 is 0. The molecular formula is CH6ClN3. The quantitative estimate of drug-likeness (QED) is 0.207. The molecule has 0 amide bonds. The van der Waals surface area contributed by atoms with Crippen LogP contribution in [0, 0.1) is 0 Å². The van der Waals surface area contributed by atoms with Crippen LogP contribution in [0.3, 0.4) is 0 Å². The maximum absolute atomic E-state index is 4.58. The summed E-state index contributed by atoms with van der Waals surface area (Å²) in [6.45, 7) is 0. The molecule has 0 aliphatic rings. The van der Waals surface area contributed by atoms with Crippen molar-refractivity contribution in [1.29, 1.82) is 0 Å². The van der Waals surface area contributed by atoms with Crippen molar-refractivity contribution < 1.29 is 17.8 Å². The third kappa shape index (κ3) is 44.8. The Morgan fingerprint density at radius 3 is 1.40 bits per heavy atom. The lowest BCUT2D eigenvalue weighted by Crippen LogP contribution is -3.00. The highest BCUT2D eigenvalue weighted by Crippen LogP contribution is 0.925. The second-order valence-electron chi connectivity index (χ2n) is 0.500. The fourth-order valence-corrected chi connectivity index (χ4v) is 0. The molecule has 0 aliphatic heterocycles. The van der Waals surface area contributed by atoms with Crippen molar-refractivity contribution >= 4 is 5.96 Å². The zero-order chi connectivity index (χ0) is 3.58. The number of guanidine groups is 1. The topological polar surface area (TPSA) is 77.6 Å². The summed E-state index contributed by atoms with van der Waals surface area (Å²) in [7, 11) is 0. The molecule has 0 atom stereocenters. The highest BCUT2D eigenvalue weighted by Gasteiger charge is 1.64. The van der Waals surface area contributed by atoms with Gasteiger partial charge in [0.25, 0.3) is 0 Å². The Kier molecular flexibility index (Phi) is 6.28. The molecule has 0 saturated carbocycles. The van der Waals surface area contributed by atoms with Gasteiger partial charge in [-0.3, -0.25) is 16.9 Å². The van der Waals surface area contributed by atoms with Gasteiger partial charge in [0.1, 0.15) is 0 Å². The number of rotatable bonds is 0. The molecule has 0 aromatic rings. The molecule has 0 aliphatic carbocycles. The zero-order valence-corrected chi connectivity index (χ0v) is 3.37. The highest BCUT2D eigenvalue weighted by molar-refractivity contribution is 5.68. The van der Waals surface area contributed by atoms with Gasteiger partial charge in [0.05, 0.1) is 0 Å². The van der Waals surface area contributed by atoms with Gasteiger partial charge in [-0.25, -0.2) is 0 Å². The molecule has 4 heteroatoms. The largest absolute Gasteiger partial charge is 1.00 e. The smallest absolute Gasteiger partial charge is 0.336 e. The molecular weight excluding hydrogens is 89.5 g/mol. The lowest BCUT2D eigenvalue weighted by atomic mass is 11.1. The van der Waals surface area contributed by atoms with E-state index < -0.39 is 0 Å².